The normalized spacial score (nSPS) is 16.6. The van der Waals surface area contributed by atoms with Gasteiger partial charge in [-0.25, -0.2) is 5.01 Å². The number of para-hydroxylation sites is 1. The molecule has 0 saturated heterocycles. The van der Waals surface area contributed by atoms with Crippen molar-refractivity contribution in [3.05, 3.63) is 94.5 Å². The summed E-state index contributed by atoms with van der Waals surface area (Å²) in [6.45, 7) is 2.46. The first-order valence-electron chi connectivity index (χ1n) is 11.0. The number of amidine groups is 1. The van der Waals surface area contributed by atoms with Gasteiger partial charge in [0.2, 0.25) is 0 Å². The molecule has 0 radical (unpaired) electrons. The van der Waals surface area contributed by atoms with Gasteiger partial charge >= 0.3 is 0 Å². The molecule has 7 nitrogen and oxygen atoms in total. The summed E-state index contributed by atoms with van der Waals surface area (Å²) in [5, 5.41) is 11.5. The zero-order valence-electron chi connectivity index (χ0n) is 18.9. The van der Waals surface area contributed by atoms with Gasteiger partial charge in [-0.05, 0) is 30.7 Å². The molecule has 172 valence electrons. The Balaban J connectivity index is 1.57. The van der Waals surface area contributed by atoms with Crippen LogP contribution in [-0.2, 0) is 10.5 Å². The van der Waals surface area contributed by atoms with E-state index < -0.39 is 6.17 Å². The van der Waals surface area contributed by atoms with Crippen molar-refractivity contribution in [3.63, 3.8) is 0 Å². The molecular weight excluding hydrogens is 448 g/mol. The minimum Gasteiger partial charge on any atom is -0.493 e. The first kappa shape index (κ1) is 22.0. The second-order valence-corrected chi connectivity index (χ2v) is 8.65. The summed E-state index contributed by atoms with van der Waals surface area (Å²) in [5.41, 5.74) is 2.48. The zero-order valence-corrected chi connectivity index (χ0v) is 19.7. The Morgan fingerprint density at radius 1 is 1.03 bits per heavy atom. The number of rotatable bonds is 6. The quantitative estimate of drug-likeness (QED) is 0.597. The lowest BCUT2D eigenvalue weighted by molar-refractivity contribution is -0.116. The molecule has 8 heteroatoms. The van der Waals surface area contributed by atoms with Crippen LogP contribution in [0.15, 0.2) is 82.9 Å². The Labute approximate surface area is 201 Å². The van der Waals surface area contributed by atoms with Crippen molar-refractivity contribution < 1.29 is 14.3 Å². The molecule has 0 aliphatic carbocycles. The Morgan fingerprint density at radius 2 is 1.82 bits per heavy atom. The van der Waals surface area contributed by atoms with Crippen molar-refractivity contribution >= 4 is 28.5 Å². The molecule has 0 aromatic heterocycles. The van der Waals surface area contributed by atoms with E-state index in [1.807, 2.05) is 67.6 Å². The molecule has 5 rings (SSSR count). The number of carbonyl (C=O) groups is 1. The lowest BCUT2D eigenvalue weighted by Crippen LogP contribution is -2.50. The van der Waals surface area contributed by atoms with Crippen LogP contribution in [0.1, 0.15) is 24.2 Å². The number of carbonyl (C=O) groups excluding carboxylic acids is 1. The van der Waals surface area contributed by atoms with Gasteiger partial charge in [-0.3, -0.25) is 15.1 Å². The number of thioether (sulfide) groups is 1. The smallest absolute Gasteiger partial charge is 0.276 e. The Kier molecular flexibility index (Phi) is 6.22. The molecule has 0 spiro atoms. The molecular formula is C26H24N4O3S. The standard InChI is InChI=1S/C26H24N4O3S/c1-3-33-21-14-13-18(15-22(21)32-2)24-27-20-12-8-7-11-19(20)23-25(31)28-26(29-30(23)24)34-16-17-9-5-4-6-10-17/h4-15,24H,3,16H2,1-2H3,(H,28,29,31)/t24-/m1/s1. The van der Waals surface area contributed by atoms with Crippen molar-refractivity contribution in [1.82, 2.24) is 10.3 Å². The average molecular weight is 473 g/mol. The molecule has 2 aliphatic heterocycles. The largest absolute Gasteiger partial charge is 0.493 e. The predicted molar refractivity (Wildman–Crippen MR) is 133 cm³/mol. The number of fused-ring (bicyclic) bond motifs is 2. The first-order chi connectivity index (χ1) is 16.7. The number of nitrogens with one attached hydrogen (secondary N) is 1. The number of hydrogen-bond acceptors (Lipinski definition) is 7. The Bertz CT molecular complexity index is 1370. The number of hydrogen-bond donors (Lipinski definition) is 1. The third-order valence-electron chi connectivity index (χ3n) is 5.52. The van der Waals surface area contributed by atoms with Crippen molar-refractivity contribution in [3.8, 4) is 11.5 Å². The van der Waals surface area contributed by atoms with Crippen molar-refractivity contribution in [1.29, 1.82) is 0 Å². The van der Waals surface area contributed by atoms with Crippen LogP contribution in [-0.4, -0.2) is 29.8 Å². The average Bonchev–Trinajstić information content (AvgIpc) is 2.88. The SMILES string of the molecule is CCOc1ccc([C@@H]2N=c3ccccc3=C3C(=O)NC(SCc4ccccc4)=NN32)cc1OC. The minimum absolute atomic E-state index is 0.198. The highest BCUT2D eigenvalue weighted by Crippen LogP contribution is 2.36. The van der Waals surface area contributed by atoms with Crippen LogP contribution in [0.25, 0.3) is 5.70 Å². The lowest BCUT2D eigenvalue weighted by atomic mass is 10.1. The zero-order chi connectivity index (χ0) is 23.5. The summed E-state index contributed by atoms with van der Waals surface area (Å²) >= 11 is 1.48. The van der Waals surface area contributed by atoms with E-state index in [1.165, 1.54) is 11.8 Å². The Morgan fingerprint density at radius 3 is 2.62 bits per heavy atom. The van der Waals surface area contributed by atoms with E-state index in [0.717, 1.165) is 21.7 Å². The first-order valence-corrected chi connectivity index (χ1v) is 12.0. The van der Waals surface area contributed by atoms with Crippen LogP contribution in [0.2, 0.25) is 0 Å². The predicted octanol–water partition coefficient (Wildman–Crippen LogP) is 3.17. The summed E-state index contributed by atoms with van der Waals surface area (Å²) in [6.07, 6.45) is -0.521. The van der Waals surface area contributed by atoms with Crippen LogP contribution < -0.4 is 25.4 Å². The number of nitrogens with zero attached hydrogens (tertiary/aromatic N) is 3. The molecule has 2 heterocycles. The maximum atomic E-state index is 13.3. The van der Waals surface area contributed by atoms with Crippen LogP contribution in [0.3, 0.4) is 0 Å². The number of benzene rings is 3. The van der Waals surface area contributed by atoms with E-state index in [-0.39, 0.29) is 5.91 Å². The molecule has 2 aliphatic rings. The fraction of sp³-hybridized carbons (Fsp3) is 0.192. The number of methoxy groups -OCH3 is 1. The van der Waals surface area contributed by atoms with Gasteiger partial charge < -0.3 is 9.47 Å². The molecule has 0 bridgehead atoms. The van der Waals surface area contributed by atoms with Gasteiger partial charge in [0.25, 0.3) is 5.91 Å². The summed E-state index contributed by atoms with van der Waals surface area (Å²) in [4.78, 5) is 18.2. The van der Waals surface area contributed by atoms with Crippen LogP contribution in [0, 0.1) is 0 Å². The van der Waals surface area contributed by atoms with Crippen LogP contribution >= 0.6 is 11.8 Å². The topological polar surface area (TPSA) is 75.5 Å². The highest BCUT2D eigenvalue weighted by molar-refractivity contribution is 8.13. The van der Waals surface area contributed by atoms with E-state index in [9.17, 15) is 4.79 Å². The molecule has 3 aromatic carbocycles. The maximum absolute atomic E-state index is 13.3. The van der Waals surface area contributed by atoms with Crippen molar-refractivity contribution in [2.45, 2.75) is 18.8 Å². The fourth-order valence-corrected chi connectivity index (χ4v) is 4.76. The number of hydrazone groups is 1. The molecule has 0 fully saturated rings. The second kappa shape index (κ2) is 9.61. The van der Waals surface area contributed by atoms with Gasteiger partial charge in [-0.1, -0.05) is 66.4 Å². The number of ether oxygens (including phenoxy) is 2. The fourth-order valence-electron chi connectivity index (χ4n) is 3.95. The van der Waals surface area contributed by atoms with E-state index in [2.05, 4.69) is 17.4 Å². The third-order valence-corrected chi connectivity index (χ3v) is 6.45. The van der Waals surface area contributed by atoms with Crippen molar-refractivity contribution in [2.75, 3.05) is 13.7 Å². The van der Waals surface area contributed by atoms with E-state index in [1.54, 1.807) is 12.1 Å². The van der Waals surface area contributed by atoms with Crippen LogP contribution in [0.4, 0.5) is 0 Å². The summed E-state index contributed by atoms with van der Waals surface area (Å²) < 4.78 is 11.2. The van der Waals surface area contributed by atoms with Gasteiger partial charge in [-0.15, -0.1) is 5.10 Å². The molecule has 1 N–H and O–H groups in total. The van der Waals surface area contributed by atoms with Crippen LogP contribution in [0.5, 0.6) is 11.5 Å². The second-order valence-electron chi connectivity index (χ2n) is 7.69. The Hall–Kier alpha value is -3.78. The van der Waals surface area contributed by atoms with Gasteiger partial charge in [0, 0.05) is 16.5 Å². The molecule has 3 aromatic rings. The summed E-state index contributed by atoms with van der Waals surface area (Å²) in [6, 6.07) is 23.4. The molecule has 34 heavy (non-hydrogen) atoms. The van der Waals surface area contributed by atoms with Gasteiger partial charge in [0.15, 0.2) is 22.8 Å². The molecule has 0 saturated carbocycles. The highest BCUT2D eigenvalue weighted by atomic mass is 32.2. The molecule has 1 atom stereocenters. The van der Waals surface area contributed by atoms with E-state index >= 15 is 0 Å². The van der Waals surface area contributed by atoms with Gasteiger partial charge in [-0.2, -0.15) is 0 Å². The lowest BCUT2D eigenvalue weighted by Gasteiger charge is -2.34. The number of amides is 1. The summed E-state index contributed by atoms with van der Waals surface area (Å²) in [5.74, 6) is 1.77. The summed E-state index contributed by atoms with van der Waals surface area (Å²) in [7, 11) is 1.61. The maximum Gasteiger partial charge on any atom is 0.276 e. The van der Waals surface area contributed by atoms with Crippen molar-refractivity contribution in [2.24, 2.45) is 10.1 Å². The molecule has 1 amide bonds. The minimum atomic E-state index is -0.521. The van der Waals surface area contributed by atoms with Gasteiger partial charge in [0.05, 0.1) is 19.1 Å². The van der Waals surface area contributed by atoms with E-state index in [4.69, 9.17) is 19.6 Å². The monoisotopic (exact) mass is 472 g/mol. The highest BCUT2D eigenvalue weighted by Gasteiger charge is 2.34. The third kappa shape index (κ3) is 4.24. The van der Waals surface area contributed by atoms with E-state index in [0.29, 0.717) is 34.7 Å². The van der Waals surface area contributed by atoms with Gasteiger partial charge in [0.1, 0.15) is 5.70 Å². The molecule has 0 unspecified atom stereocenters.